The van der Waals surface area contributed by atoms with Crippen LogP contribution in [0.4, 0.5) is 28.4 Å². The molecule has 0 spiro atoms. The van der Waals surface area contributed by atoms with Crippen molar-refractivity contribution in [2.45, 2.75) is 19.1 Å². The number of rotatable bonds is 4. The first-order valence-corrected chi connectivity index (χ1v) is 11.2. The molecule has 5 rings (SSSR count). The number of carbonyl (C=O) groups is 2. The van der Waals surface area contributed by atoms with Crippen molar-refractivity contribution in [3.05, 3.63) is 82.7 Å². The van der Waals surface area contributed by atoms with Crippen LogP contribution in [0.5, 0.6) is 0 Å². The van der Waals surface area contributed by atoms with E-state index in [9.17, 15) is 32.3 Å². The van der Waals surface area contributed by atoms with Crippen LogP contribution < -0.4 is 10.6 Å². The number of alkyl halides is 3. The number of thiophene rings is 1. The number of carboxylic acids is 1. The highest BCUT2D eigenvalue weighted by atomic mass is 32.1. The molecule has 184 valence electrons. The van der Waals surface area contributed by atoms with E-state index in [0.29, 0.717) is 22.8 Å². The molecule has 0 radical (unpaired) electrons. The molecule has 0 saturated heterocycles. The summed E-state index contributed by atoms with van der Waals surface area (Å²) in [5.41, 5.74) is -1.52. The van der Waals surface area contributed by atoms with E-state index < -0.39 is 35.5 Å². The first-order chi connectivity index (χ1) is 17.0. The Morgan fingerprint density at radius 1 is 1.19 bits per heavy atom. The first-order valence-electron chi connectivity index (χ1n) is 10.3. The van der Waals surface area contributed by atoms with Gasteiger partial charge in [-0.25, -0.2) is 13.9 Å². The van der Waals surface area contributed by atoms with Crippen LogP contribution in [0.25, 0.3) is 10.1 Å². The molecule has 0 fully saturated rings. The number of allylic oxidation sites excluding steroid dienone is 1. The van der Waals surface area contributed by atoms with Gasteiger partial charge in [0.15, 0.2) is 5.69 Å². The van der Waals surface area contributed by atoms with E-state index in [1.807, 2.05) is 0 Å². The molecule has 0 saturated carbocycles. The number of nitrogens with zero attached hydrogens (tertiary/aromatic N) is 3. The maximum atomic E-state index is 14.5. The maximum Gasteiger partial charge on any atom is 0.419 e. The van der Waals surface area contributed by atoms with Crippen LogP contribution in [0.2, 0.25) is 0 Å². The second kappa shape index (κ2) is 8.45. The number of hydrogen-bond donors (Lipinski definition) is 3. The number of nitrogens with one attached hydrogen (secondary N) is 2. The quantitative estimate of drug-likeness (QED) is 0.318. The third kappa shape index (κ3) is 4.06. The zero-order valence-electron chi connectivity index (χ0n) is 18.2. The SMILES string of the molecule is CC1=C(C(=O)Nc2cc3cnccc3s2)C(c2ccc(C(F)(F)F)c(F)c2)n2nc(C(=O)O)cc2N1. The summed E-state index contributed by atoms with van der Waals surface area (Å²) in [6.45, 7) is 1.55. The Hall–Kier alpha value is -4.26. The average molecular weight is 517 g/mol. The molecule has 8 nitrogen and oxygen atoms in total. The van der Waals surface area contributed by atoms with Gasteiger partial charge in [-0.05, 0) is 36.8 Å². The van der Waals surface area contributed by atoms with Crippen LogP contribution in [-0.4, -0.2) is 31.7 Å². The number of hydrogen-bond acceptors (Lipinski definition) is 6. The summed E-state index contributed by atoms with van der Waals surface area (Å²) in [5, 5.41) is 20.3. The van der Waals surface area contributed by atoms with Crippen molar-refractivity contribution in [2.75, 3.05) is 10.6 Å². The van der Waals surface area contributed by atoms with Gasteiger partial charge >= 0.3 is 12.1 Å². The molecule has 36 heavy (non-hydrogen) atoms. The molecule has 3 N–H and O–H groups in total. The summed E-state index contributed by atoms with van der Waals surface area (Å²) in [7, 11) is 0. The number of carboxylic acid groups (broad SMARTS) is 1. The van der Waals surface area contributed by atoms with Gasteiger partial charge in [0.05, 0.1) is 16.1 Å². The molecule has 3 aromatic heterocycles. The van der Waals surface area contributed by atoms with Gasteiger partial charge in [0.2, 0.25) is 0 Å². The smallest absolute Gasteiger partial charge is 0.419 e. The summed E-state index contributed by atoms with van der Waals surface area (Å²) in [4.78, 5) is 29.0. The number of benzene rings is 1. The number of carbonyl (C=O) groups excluding carboxylic acids is 1. The van der Waals surface area contributed by atoms with Gasteiger partial charge in [-0.2, -0.15) is 18.3 Å². The number of fused-ring (bicyclic) bond motifs is 2. The molecule has 4 aromatic rings. The van der Waals surface area contributed by atoms with Crippen molar-refractivity contribution in [3.63, 3.8) is 0 Å². The van der Waals surface area contributed by atoms with Gasteiger partial charge in [-0.15, -0.1) is 11.3 Å². The molecule has 1 amide bonds. The van der Waals surface area contributed by atoms with Crippen molar-refractivity contribution < 1.29 is 32.3 Å². The van der Waals surface area contributed by atoms with E-state index in [2.05, 4.69) is 20.7 Å². The second-order valence-corrected chi connectivity index (χ2v) is 9.03. The van der Waals surface area contributed by atoms with Gasteiger partial charge in [0, 0.05) is 34.2 Å². The lowest BCUT2D eigenvalue weighted by Crippen LogP contribution is -2.31. The topological polar surface area (TPSA) is 109 Å². The predicted octanol–water partition coefficient (Wildman–Crippen LogP) is 5.28. The highest BCUT2D eigenvalue weighted by Crippen LogP contribution is 2.40. The summed E-state index contributed by atoms with van der Waals surface area (Å²) in [6, 6.07) is 5.80. The Labute approximate surface area is 203 Å². The third-order valence-corrected chi connectivity index (χ3v) is 6.64. The van der Waals surface area contributed by atoms with Crippen molar-refractivity contribution in [1.82, 2.24) is 14.8 Å². The van der Waals surface area contributed by atoms with Crippen LogP contribution >= 0.6 is 11.3 Å². The molecule has 13 heteroatoms. The third-order valence-electron chi connectivity index (χ3n) is 5.60. The lowest BCUT2D eigenvalue weighted by molar-refractivity contribution is -0.140. The van der Waals surface area contributed by atoms with Crippen molar-refractivity contribution in [2.24, 2.45) is 0 Å². The van der Waals surface area contributed by atoms with E-state index in [-0.39, 0.29) is 22.6 Å². The fourth-order valence-electron chi connectivity index (χ4n) is 4.03. The molecule has 0 bridgehead atoms. The fraction of sp³-hybridized carbons (Fsp3) is 0.130. The van der Waals surface area contributed by atoms with Crippen molar-refractivity contribution in [1.29, 1.82) is 0 Å². The highest BCUT2D eigenvalue weighted by molar-refractivity contribution is 7.22. The summed E-state index contributed by atoms with van der Waals surface area (Å²) < 4.78 is 56.0. The minimum absolute atomic E-state index is 0.0201. The van der Waals surface area contributed by atoms with E-state index in [1.165, 1.54) is 17.4 Å². The minimum atomic E-state index is -4.91. The predicted molar refractivity (Wildman–Crippen MR) is 123 cm³/mol. The highest BCUT2D eigenvalue weighted by Gasteiger charge is 2.37. The standard InChI is InChI=1S/C23H15F4N5O3S/c1-10-19(21(33)30-18-7-12-9-28-5-4-16(12)36-18)20(32-17(29-10)8-15(31-32)22(34)35)11-2-3-13(14(24)6-11)23(25,26)27/h2-9,20,29H,1H3,(H,30,33)(H,34,35). The molecule has 1 atom stereocenters. The Bertz CT molecular complexity index is 1540. The Morgan fingerprint density at radius 2 is 1.97 bits per heavy atom. The van der Waals surface area contributed by atoms with Gasteiger partial charge in [-0.1, -0.05) is 6.07 Å². The minimum Gasteiger partial charge on any atom is -0.476 e. The van der Waals surface area contributed by atoms with Crippen LogP contribution in [-0.2, 0) is 11.0 Å². The average Bonchev–Trinajstić information content (AvgIpc) is 3.40. The maximum absolute atomic E-state index is 14.5. The Morgan fingerprint density at radius 3 is 2.64 bits per heavy atom. The van der Waals surface area contributed by atoms with Gasteiger partial charge in [-0.3, -0.25) is 9.78 Å². The molecular formula is C23H15F4N5O3S. The first kappa shape index (κ1) is 23.5. The Kier molecular flexibility index (Phi) is 5.51. The number of aromatic nitrogens is 3. The van der Waals surface area contributed by atoms with E-state index in [4.69, 9.17) is 0 Å². The monoisotopic (exact) mass is 517 g/mol. The molecule has 1 aliphatic rings. The largest absolute Gasteiger partial charge is 0.476 e. The zero-order chi connectivity index (χ0) is 25.8. The molecule has 1 aliphatic heterocycles. The fourth-order valence-corrected chi connectivity index (χ4v) is 4.96. The van der Waals surface area contributed by atoms with Crippen LogP contribution in [0.15, 0.2) is 60.1 Å². The Balaban J connectivity index is 1.60. The number of halogens is 4. The molecule has 0 aliphatic carbocycles. The van der Waals surface area contributed by atoms with Gasteiger partial charge in [0.1, 0.15) is 17.7 Å². The van der Waals surface area contributed by atoms with E-state index in [1.54, 1.807) is 31.5 Å². The number of amides is 1. The molecule has 1 unspecified atom stereocenters. The number of anilines is 2. The summed E-state index contributed by atoms with van der Waals surface area (Å²) >= 11 is 1.29. The van der Waals surface area contributed by atoms with Gasteiger partial charge in [0.25, 0.3) is 5.91 Å². The lowest BCUT2D eigenvalue weighted by atomic mass is 9.94. The normalized spacial score (nSPS) is 15.5. The van der Waals surface area contributed by atoms with E-state index >= 15 is 0 Å². The van der Waals surface area contributed by atoms with Crippen LogP contribution in [0, 0.1) is 5.82 Å². The lowest BCUT2D eigenvalue weighted by Gasteiger charge is -2.29. The van der Waals surface area contributed by atoms with Gasteiger partial charge < -0.3 is 15.7 Å². The van der Waals surface area contributed by atoms with Crippen LogP contribution in [0.1, 0.15) is 34.6 Å². The summed E-state index contributed by atoms with van der Waals surface area (Å²) in [5.74, 6) is -3.32. The molecule has 4 heterocycles. The van der Waals surface area contributed by atoms with Crippen LogP contribution in [0.3, 0.4) is 0 Å². The molecule has 1 aromatic carbocycles. The van der Waals surface area contributed by atoms with Crippen molar-refractivity contribution >= 4 is 44.1 Å². The zero-order valence-corrected chi connectivity index (χ0v) is 19.0. The molecular weight excluding hydrogens is 502 g/mol. The van der Waals surface area contributed by atoms with Crippen molar-refractivity contribution in [3.8, 4) is 0 Å². The number of aromatic carboxylic acids is 1. The second-order valence-electron chi connectivity index (χ2n) is 7.95. The summed E-state index contributed by atoms with van der Waals surface area (Å²) in [6.07, 6.45) is -1.67. The van der Waals surface area contributed by atoms with E-state index in [0.717, 1.165) is 20.8 Å². The number of pyridine rings is 1.